The average Bonchev–Trinajstić information content (AvgIpc) is 3.43. The van der Waals surface area contributed by atoms with Gasteiger partial charge in [0.2, 0.25) is 5.17 Å². The molecule has 0 saturated carbocycles. The molecular weight excluding hydrogens is 458 g/mol. The van der Waals surface area contributed by atoms with Gasteiger partial charge in [-0.05, 0) is 66.7 Å². The maximum absolute atomic E-state index is 12.8. The fourth-order valence-corrected chi connectivity index (χ4v) is 4.45. The Labute approximate surface area is 199 Å². The summed E-state index contributed by atoms with van der Waals surface area (Å²) in [5.74, 6) is 0.261. The monoisotopic (exact) mass is 475 g/mol. The van der Waals surface area contributed by atoms with Gasteiger partial charge in [0.15, 0.2) is 5.84 Å². The fourth-order valence-electron chi connectivity index (χ4n) is 3.47. The van der Waals surface area contributed by atoms with Crippen LogP contribution in [0.2, 0.25) is 5.02 Å². The largest absolute Gasteiger partial charge is 0.486 e. The molecule has 0 saturated heterocycles. The zero-order valence-electron chi connectivity index (χ0n) is 17.5. The highest BCUT2D eigenvalue weighted by molar-refractivity contribution is 8.27. The number of ether oxygens (including phenoxy) is 1. The average molecular weight is 476 g/mol. The zero-order chi connectivity index (χ0) is 22.9. The number of hydrogen-bond acceptors (Lipinski definition) is 5. The molecule has 0 bridgehead atoms. The number of halogens is 1. The van der Waals surface area contributed by atoms with Crippen LogP contribution in [0.5, 0.6) is 5.75 Å². The number of aliphatic imine (C=N–C) groups is 1. The van der Waals surface area contributed by atoms with E-state index in [-0.39, 0.29) is 18.0 Å². The number of rotatable bonds is 5. The van der Waals surface area contributed by atoms with Crippen molar-refractivity contribution in [2.24, 2.45) is 10.1 Å². The Hall–Kier alpha value is -3.62. The number of aryl methyl sites for hydroxylation is 1. The van der Waals surface area contributed by atoms with Gasteiger partial charge in [-0.2, -0.15) is 15.1 Å². The first kappa shape index (κ1) is 21.2. The van der Waals surface area contributed by atoms with Gasteiger partial charge in [-0.3, -0.25) is 10.2 Å². The number of carbonyl (C=O) groups is 1. The lowest BCUT2D eigenvalue weighted by Crippen LogP contribution is -2.35. The second-order valence-electron chi connectivity index (χ2n) is 7.35. The number of aromatic nitrogens is 1. The van der Waals surface area contributed by atoms with Crippen LogP contribution in [0.15, 0.2) is 82.5 Å². The van der Waals surface area contributed by atoms with Crippen LogP contribution in [0.25, 0.3) is 11.8 Å². The molecule has 0 fully saturated rings. The highest BCUT2D eigenvalue weighted by atomic mass is 35.5. The molecule has 33 heavy (non-hydrogen) atoms. The smallest absolute Gasteiger partial charge is 0.283 e. The van der Waals surface area contributed by atoms with Crippen LogP contribution in [0.3, 0.4) is 0 Å². The first-order chi connectivity index (χ1) is 16.0. The van der Waals surface area contributed by atoms with Gasteiger partial charge >= 0.3 is 0 Å². The number of nitrogens with one attached hydrogen (secondary N) is 1. The maximum Gasteiger partial charge on any atom is 0.283 e. The summed E-state index contributed by atoms with van der Waals surface area (Å²) in [7, 11) is 0. The second kappa shape index (κ2) is 8.73. The third-order valence-electron chi connectivity index (χ3n) is 5.10. The summed E-state index contributed by atoms with van der Waals surface area (Å²) in [5, 5.41) is 16.0. The molecule has 0 unspecified atom stereocenters. The molecule has 7 nitrogen and oxygen atoms in total. The molecule has 0 atom stereocenters. The topological polar surface area (TPSA) is 83.0 Å². The van der Waals surface area contributed by atoms with E-state index in [0.717, 1.165) is 22.7 Å². The van der Waals surface area contributed by atoms with E-state index in [1.54, 1.807) is 12.1 Å². The lowest BCUT2D eigenvalue weighted by atomic mass is 10.1. The standard InChI is InChI=1S/C24H18ClN5O2S/c1-15-6-2-3-10-20(15)32-14-21-28-30-22(26)19(23(31)27-24(30)33-21)13-18-9-5-11-29(18)17-8-4-7-16(25)12-17/h2-13,26H,14H2,1H3. The molecule has 2 aliphatic rings. The van der Waals surface area contributed by atoms with Crippen molar-refractivity contribution in [1.29, 1.82) is 5.41 Å². The van der Waals surface area contributed by atoms with E-state index >= 15 is 0 Å². The molecule has 3 aromatic rings. The van der Waals surface area contributed by atoms with Crippen molar-refractivity contribution in [2.75, 3.05) is 6.61 Å². The van der Waals surface area contributed by atoms with Gasteiger partial charge in [-0.15, -0.1) is 0 Å². The number of carbonyl (C=O) groups excluding carboxylic acids is 1. The van der Waals surface area contributed by atoms with Crippen LogP contribution < -0.4 is 4.74 Å². The number of hydrogen-bond donors (Lipinski definition) is 1. The van der Waals surface area contributed by atoms with Crippen molar-refractivity contribution >= 4 is 51.4 Å². The molecule has 0 spiro atoms. The molecule has 1 amide bonds. The summed E-state index contributed by atoms with van der Waals surface area (Å²) in [6.45, 7) is 2.19. The minimum absolute atomic E-state index is 0.0257. The first-order valence-electron chi connectivity index (χ1n) is 10.1. The van der Waals surface area contributed by atoms with Gasteiger partial charge < -0.3 is 9.30 Å². The summed E-state index contributed by atoms with van der Waals surface area (Å²) >= 11 is 7.36. The third kappa shape index (κ3) is 4.22. The van der Waals surface area contributed by atoms with E-state index in [2.05, 4.69) is 10.1 Å². The zero-order valence-corrected chi connectivity index (χ0v) is 19.1. The molecule has 0 aliphatic carbocycles. The summed E-state index contributed by atoms with van der Waals surface area (Å²) in [6, 6.07) is 18.8. The fraction of sp³-hybridized carbons (Fsp3) is 0.0833. The number of thioether (sulfide) groups is 1. The molecule has 2 aliphatic heterocycles. The van der Waals surface area contributed by atoms with E-state index in [4.69, 9.17) is 21.7 Å². The Balaban J connectivity index is 1.39. The van der Waals surface area contributed by atoms with Gasteiger partial charge in [-0.25, -0.2) is 0 Å². The van der Waals surface area contributed by atoms with Gasteiger partial charge in [0.25, 0.3) is 5.91 Å². The Morgan fingerprint density at radius 2 is 2.00 bits per heavy atom. The Bertz CT molecular complexity index is 1370. The second-order valence-corrected chi connectivity index (χ2v) is 8.83. The van der Waals surface area contributed by atoms with Crippen LogP contribution in [-0.2, 0) is 4.79 Å². The third-order valence-corrected chi connectivity index (χ3v) is 6.22. The molecule has 3 heterocycles. The molecule has 0 radical (unpaired) electrons. The minimum Gasteiger partial charge on any atom is -0.486 e. The van der Waals surface area contributed by atoms with Crippen molar-refractivity contribution in [3.8, 4) is 11.4 Å². The van der Waals surface area contributed by atoms with Crippen LogP contribution in [0.1, 0.15) is 11.3 Å². The lowest BCUT2D eigenvalue weighted by Gasteiger charge is -2.20. The highest BCUT2D eigenvalue weighted by Gasteiger charge is 2.36. The number of hydrazone groups is 1. The number of amidine groups is 2. The number of amides is 1. The number of nitrogens with zero attached hydrogens (tertiary/aromatic N) is 4. The van der Waals surface area contributed by atoms with Crippen molar-refractivity contribution in [3.05, 3.63) is 88.7 Å². The van der Waals surface area contributed by atoms with Gasteiger partial charge in [0.05, 0.1) is 5.57 Å². The van der Waals surface area contributed by atoms with E-state index in [1.807, 2.05) is 72.3 Å². The van der Waals surface area contributed by atoms with Crippen LogP contribution in [0, 0.1) is 12.3 Å². The van der Waals surface area contributed by atoms with E-state index < -0.39 is 5.91 Å². The van der Waals surface area contributed by atoms with Gasteiger partial charge in [0, 0.05) is 22.6 Å². The molecular formula is C24H18ClN5O2S. The SMILES string of the molecule is Cc1ccccc1OCC1=NN2C(=N)C(=Cc3cccn3-c3cccc(Cl)c3)C(=O)N=C2S1. The van der Waals surface area contributed by atoms with Crippen molar-refractivity contribution in [2.45, 2.75) is 6.92 Å². The Morgan fingerprint density at radius 3 is 2.82 bits per heavy atom. The minimum atomic E-state index is -0.478. The number of fused-ring (bicyclic) bond motifs is 1. The molecule has 5 rings (SSSR count). The summed E-state index contributed by atoms with van der Waals surface area (Å²) < 4.78 is 7.75. The van der Waals surface area contributed by atoms with Crippen molar-refractivity contribution in [1.82, 2.24) is 9.58 Å². The molecule has 164 valence electrons. The van der Waals surface area contributed by atoms with Crippen LogP contribution >= 0.6 is 23.4 Å². The lowest BCUT2D eigenvalue weighted by molar-refractivity contribution is -0.114. The van der Waals surface area contributed by atoms with E-state index in [9.17, 15) is 4.79 Å². The summed E-state index contributed by atoms with van der Waals surface area (Å²) in [4.78, 5) is 16.9. The Kier molecular flexibility index (Phi) is 5.62. The quantitative estimate of drug-likeness (QED) is 0.518. The highest BCUT2D eigenvalue weighted by Crippen LogP contribution is 2.29. The Morgan fingerprint density at radius 1 is 1.15 bits per heavy atom. The summed E-state index contributed by atoms with van der Waals surface area (Å²) in [6.07, 6.45) is 3.52. The van der Waals surface area contributed by atoms with Crippen molar-refractivity contribution < 1.29 is 9.53 Å². The van der Waals surface area contributed by atoms with Crippen molar-refractivity contribution in [3.63, 3.8) is 0 Å². The molecule has 1 N–H and O–H groups in total. The van der Waals surface area contributed by atoms with E-state index in [0.29, 0.717) is 15.2 Å². The molecule has 9 heteroatoms. The predicted molar refractivity (Wildman–Crippen MR) is 132 cm³/mol. The van der Waals surface area contributed by atoms with E-state index in [1.165, 1.54) is 16.8 Å². The molecule has 2 aromatic carbocycles. The molecule has 1 aromatic heterocycles. The number of benzene rings is 2. The normalized spacial score (nSPS) is 16.7. The maximum atomic E-state index is 12.8. The first-order valence-corrected chi connectivity index (χ1v) is 11.3. The van der Waals surface area contributed by atoms with Gasteiger partial charge in [0.1, 0.15) is 17.4 Å². The van der Waals surface area contributed by atoms with Crippen LogP contribution in [-0.4, -0.2) is 38.1 Å². The predicted octanol–water partition coefficient (Wildman–Crippen LogP) is 5.14. The summed E-state index contributed by atoms with van der Waals surface area (Å²) in [5.41, 5.74) is 2.75. The van der Waals surface area contributed by atoms with Crippen LogP contribution in [0.4, 0.5) is 0 Å². The van der Waals surface area contributed by atoms with Gasteiger partial charge in [-0.1, -0.05) is 35.9 Å². The number of para-hydroxylation sites is 1.